The number of rotatable bonds is 6. The molecular weight excluding hydrogens is 368 g/mol. The summed E-state index contributed by atoms with van der Waals surface area (Å²) >= 11 is 2.74. The number of aromatic nitrogens is 5. The third-order valence-corrected chi connectivity index (χ3v) is 5.55. The van der Waals surface area contributed by atoms with Crippen molar-refractivity contribution in [2.75, 3.05) is 5.32 Å². The van der Waals surface area contributed by atoms with Crippen molar-refractivity contribution in [3.63, 3.8) is 0 Å². The molecule has 0 saturated carbocycles. The largest absolute Gasteiger partial charge is 0.302 e. The molecule has 1 atom stereocenters. The second-order valence-corrected chi connectivity index (χ2v) is 8.29. The minimum atomic E-state index is -0.334. The SMILES string of the molecule is CCn1c(SC(C)C(=O)Nc2nnc(C)s2)nnc1-c1cccc(C)c1. The number of thioether (sulfide) groups is 1. The number of nitrogens with one attached hydrogen (secondary N) is 1. The minimum Gasteiger partial charge on any atom is -0.302 e. The molecule has 136 valence electrons. The quantitative estimate of drug-likeness (QED) is 0.650. The van der Waals surface area contributed by atoms with Crippen molar-refractivity contribution in [2.45, 2.75) is 44.6 Å². The molecule has 0 aliphatic heterocycles. The third-order valence-electron chi connectivity index (χ3n) is 3.72. The Hall–Kier alpha value is -2.26. The number of benzene rings is 1. The number of anilines is 1. The Kier molecular flexibility index (Phi) is 5.67. The van der Waals surface area contributed by atoms with Gasteiger partial charge in [-0.1, -0.05) is 46.9 Å². The monoisotopic (exact) mass is 388 g/mol. The van der Waals surface area contributed by atoms with Crippen LogP contribution in [0.2, 0.25) is 0 Å². The highest BCUT2D eigenvalue weighted by atomic mass is 32.2. The van der Waals surface area contributed by atoms with Crippen LogP contribution in [0.4, 0.5) is 5.13 Å². The molecular formula is C17H20N6OS2. The van der Waals surface area contributed by atoms with Gasteiger partial charge in [0, 0.05) is 12.1 Å². The van der Waals surface area contributed by atoms with Crippen LogP contribution in [0.1, 0.15) is 24.4 Å². The lowest BCUT2D eigenvalue weighted by molar-refractivity contribution is -0.115. The van der Waals surface area contributed by atoms with E-state index in [0.29, 0.717) is 5.13 Å². The van der Waals surface area contributed by atoms with Crippen molar-refractivity contribution in [2.24, 2.45) is 0 Å². The Morgan fingerprint density at radius 3 is 2.73 bits per heavy atom. The predicted molar refractivity (Wildman–Crippen MR) is 104 cm³/mol. The van der Waals surface area contributed by atoms with Gasteiger partial charge in [0.25, 0.3) is 0 Å². The number of nitrogens with zero attached hydrogens (tertiary/aromatic N) is 5. The first kappa shape index (κ1) is 18.5. The van der Waals surface area contributed by atoms with Crippen molar-refractivity contribution < 1.29 is 4.79 Å². The van der Waals surface area contributed by atoms with Crippen LogP contribution >= 0.6 is 23.1 Å². The molecule has 0 bridgehead atoms. The van der Waals surface area contributed by atoms with Crippen LogP contribution in [-0.2, 0) is 11.3 Å². The molecule has 3 rings (SSSR count). The van der Waals surface area contributed by atoms with E-state index in [1.807, 2.05) is 50.5 Å². The van der Waals surface area contributed by atoms with Crippen LogP contribution < -0.4 is 5.32 Å². The Morgan fingerprint density at radius 1 is 1.27 bits per heavy atom. The maximum Gasteiger partial charge on any atom is 0.239 e. The van der Waals surface area contributed by atoms with Crippen molar-refractivity contribution in [3.8, 4) is 11.4 Å². The van der Waals surface area contributed by atoms with E-state index in [-0.39, 0.29) is 11.2 Å². The fourth-order valence-electron chi connectivity index (χ4n) is 2.42. The van der Waals surface area contributed by atoms with E-state index in [0.717, 1.165) is 28.1 Å². The van der Waals surface area contributed by atoms with Gasteiger partial charge in [0.05, 0.1) is 5.25 Å². The summed E-state index contributed by atoms with van der Waals surface area (Å²) < 4.78 is 2.03. The van der Waals surface area contributed by atoms with Crippen molar-refractivity contribution in [1.82, 2.24) is 25.0 Å². The first-order valence-electron chi connectivity index (χ1n) is 8.25. The van der Waals surface area contributed by atoms with Crippen LogP contribution in [0.3, 0.4) is 0 Å². The van der Waals surface area contributed by atoms with Gasteiger partial charge in [-0.3, -0.25) is 10.1 Å². The highest BCUT2D eigenvalue weighted by molar-refractivity contribution is 8.00. The lowest BCUT2D eigenvalue weighted by Crippen LogP contribution is -2.22. The van der Waals surface area contributed by atoms with Gasteiger partial charge in [0.1, 0.15) is 5.01 Å². The Bertz CT molecular complexity index is 920. The average Bonchev–Trinajstić information content (AvgIpc) is 3.20. The summed E-state index contributed by atoms with van der Waals surface area (Å²) in [5.74, 6) is 0.681. The van der Waals surface area contributed by atoms with Crippen LogP contribution in [0, 0.1) is 13.8 Å². The first-order chi connectivity index (χ1) is 12.5. The molecule has 0 fully saturated rings. The number of hydrogen-bond acceptors (Lipinski definition) is 7. The van der Waals surface area contributed by atoms with Gasteiger partial charge in [-0.2, -0.15) is 0 Å². The number of carbonyl (C=O) groups is 1. The van der Waals surface area contributed by atoms with Gasteiger partial charge in [-0.15, -0.1) is 20.4 Å². The molecule has 26 heavy (non-hydrogen) atoms. The second kappa shape index (κ2) is 7.96. The molecule has 0 aliphatic carbocycles. The lowest BCUT2D eigenvalue weighted by Gasteiger charge is -2.11. The molecule has 0 saturated heterocycles. The molecule has 7 nitrogen and oxygen atoms in total. The zero-order valence-corrected chi connectivity index (χ0v) is 16.7. The maximum absolute atomic E-state index is 12.4. The Balaban J connectivity index is 1.76. The topological polar surface area (TPSA) is 85.6 Å². The summed E-state index contributed by atoms with van der Waals surface area (Å²) in [6.45, 7) is 8.51. The Labute approximate surface area is 160 Å². The summed E-state index contributed by atoms with van der Waals surface area (Å²) in [6, 6.07) is 8.16. The summed E-state index contributed by atoms with van der Waals surface area (Å²) in [7, 11) is 0. The number of aryl methyl sites for hydroxylation is 2. The van der Waals surface area contributed by atoms with E-state index < -0.39 is 0 Å². The fourth-order valence-corrected chi connectivity index (χ4v) is 3.93. The first-order valence-corrected chi connectivity index (χ1v) is 9.95. The summed E-state index contributed by atoms with van der Waals surface area (Å²) in [6.07, 6.45) is 0. The van der Waals surface area contributed by atoms with Crippen LogP contribution in [-0.4, -0.2) is 36.1 Å². The molecule has 1 amide bonds. The third kappa shape index (κ3) is 4.10. The van der Waals surface area contributed by atoms with Gasteiger partial charge in [0.15, 0.2) is 11.0 Å². The van der Waals surface area contributed by atoms with Crippen LogP contribution in [0.25, 0.3) is 11.4 Å². The summed E-state index contributed by atoms with van der Waals surface area (Å²) in [5.41, 5.74) is 2.19. The maximum atomic E-state index is 12.4. The zero-order valence-electron chi connectivity index (χ0n) is 15.1. The van der Waals surface area contributed by atoms with E-state index in [4.69, 9.17) is 0 Å². The van der Waals surface area contributed by atoms with Gasteiger partial charge in [-0.25, -0.2) is 0 Å². The van der Waals surface area contributed by atoms with Gasteiger partial charge >= 0.3 is 0 Å². The number of hydrogen-bond donors (Lipinski definition) is 1. The number of amides is 1. The van der Waals surface area contributed by atoms with Crippen molar-refractivity contribution >= 4 is 34.1 Å². The lowest BCUT2D eigenvalue weighted by atomic mass is 10.1. The molecule has 1 aromatic carbocycles. The molecule has 1 unspecified atom stereocenters. The molecule has 0 radical (unpaired) electrons. The number of carbonyl (C=O) groups excluding carboxylic acids is 1. The smallest absolute Gasteiger partial charge is 0.239 e. The standard InChI is InChI=1S/C17H20N6OS2/c1-5-23-14(13-8-6-7-10(2)9-13)20-22-17(23)25-11(3)15(24)18-16-21-19-12(4)26-16/h6-9,11H,5H2,1-4H3,(H,18,21,24). The van der Waals surface area contributed by atoms with E-state index in [1.54, 1.807) is 0 Å². The minimum absolute atomic E-state index is 0.131. The van der Waals surface area contributed by atoms with E-state index in [1.165, 1.54) is 28.7 Å². The van der Waals surface area contributed by atoms with Crippen LogP contribution in [0.15, 0.2) is 29.4 Å². The molecule has 0 spiro atoms. The van der Waals surface area contributed by atoms with E-state index in [9.17, 15) is 4.79 Å². The molecule has 3 aromatic rings. The highest BCUT2D eigenvalue weighted by Crippen LogP contribution is 2.28. The average molecular weight is 389 g/mol. The van der Waals surface area contributed by atoms with Gasteiger partial charge in [0.2, 0.25) is 11.0 Å². The normalized spacial score (nSPS) is 12.2. The zero-order chi connectivity index (χ0) is 18.7. The Morgan fingerprint density at radius 2 is 2.08 bits per heavy atom. The van der Waals surface area contributed by atoms with Crippen molar-refractivity contribution in [1.29, 1.82) is 0 Å². The molecule has 9 heteroatoms. The summed E-state index contributed by atoms with van der Waals surface area (Å²) in [5, 5.41) is 21.0. The van der Waals surface area contributed by atoms with Gasteiger partial charge < -0.3 is 4.57 Å². The highest BCUT2D eigenvalue weighted by Gasteiger charge is 2.21. The molecule has 2 aromatic heterocycles. The summed E-state index contributed by atoms with van der Waals surface area (Å²) in [4.78, 5) is 12.4. The predicted octanol–water partition coefficient (Wildman–Crippen LogP) is 3.55. The van der Waals surface area contributed by atoms with Crippen molar-refractivity contribution in [3.05, 3.63) is 34.8 Å². The molecule has 2 heterocycles. The molecule has 1 N–H and O–H groups in total. The molecule has 0 aliphatic rings. The van der Waals surface area contributed by atoms with E-state index in [2.05, 4.69) is 31.8 Å². The van der Waals surface area contributed by atoms with Crippen LogP contribution in [0.5, 0.6) is 0 Å². The second-order valence-electron chi connectivity index (χ2n) is 5.80. The van der Waals surface area contributed by atoms with Gasteiger partial charge in [-0.05, 0) is 33.8 Å². The van der Waals surface area contributed by atoms with E-state index >= 15 is 0 Å². The fraction of sp³-hybridized carbons (Fsp3) is 0.353.